The second kappa shape index (κ2) is 7.71. The van der Waals surface area contributed by atoms with Gasteiger partial charge < -0.3 is 9.22 Å². The molecule has 0 aliphatic heterocycles. The number of hydrogen-bond acceptors (Lipinski definition) is 1. The fourth-order valence-electron chi connectivity index (χ4n) is 3.42. The first kappa shape index (κ1) is 17.5. The third-order valence-corrected chi connectivity index (χ3v) is 5.24. The number of benzene rings is 3. The molecule has 3 rings (SSSR count). The zero-order valence-corrected chi connectivity index (χ0v) is 15.5. The van der Waals surface area contributed by atoms with Gasteiger partial charge >= 0.3 is 0 Å². The molecule has 0 amide bonds. The SMILES string of the molecule is CC[N+](C)(C)C(CCOc1cccc2ccccc12)c1ccccc1. The van der Waals surface area contributed by atoms with E-state index in [-0.39, 0.29) is 0 Å². The maximum Gasteiger partial charge on any atom is 0.127 e. The molecule has 3 aromatic rings. The van der Waals surface area contributed by atoms with Crippen LogP contribution in [0, 0.1) is 0 Å². The molecule has 0 saturated carbocycles. The summed E-state index contributed by atoms with van der Waals surface area (Å²) in [7, 11) is 4.60. The van der Waals surface area contributed by atoms with Crippen LogP contribution in [0.25, 0.3) is 10.8 Å². The van der Waals surface area contributed by atoms with E-state index < -0.39 is 0 Å². The molecular weight excluding hydrogens is 306 g/mol. The third-order valence-electron chi connectivity index (χ3n) is 5.24. The zero-order chi connectivity index (χ0) is 17.7. The molecule has 1 unspecified atom stereocenters. The Morgan fingerprint density at radius 2 is 1.52 bits per heavy atom. The number of rotatable bonds is 7. The van der Waals surface area contributed by atoms with Crippen LogP contribution in [0.15, 0.2) is 72.8 Å². The fourth-order valence-corrected chi connectivity index (χ4v) is 3.42. The van der Waals surface area contributed by atoms with Crippen LogP contribution in [-0.2, 0) is 0 Å². The van der Waals surface area contributed by atoms with Crippen LogP contribution >= 0.6 is 0 Å². The zero-order valence-electron chi connectivity index (χ0n) is 15.5. The van der Waals surface area contributed by atoms with E-state index in [1.807, 2.05) is 0 Å². The van der Waals surface area contributed by atoms with E-state index in [0.717, 1.165) is 29.8 Å². The minimum atomic E-state index is 0.432. The van der Waals surface area contributed by atoms with E-state index in [2.05, 4.69) is 93.8 Å². The summed E-state index contributed by atoms with van der Waals surface area (Å²) in [6, 6.07) is 25.9. The van der Waals surface area contributed by atoms with Gasteiger partial charge in [0.25, 0.3) is 0 Å². The van der Waals surface area contributed by atoms with Crippen LogP contribution in [0.4, 0.5) is 0 Å². The first-order valence-electron chi connectivity index (χ1n) is 9.10. The molecule has 0 heterocycles. The highest BCUT2D eigenvalue weighted by molar-refractivity contribution is 5.88. The summed E-state index contributed by atoms with van der Waals surface area (Å²) < 4.78 is 7.16. The number of quaternary nitrogens is 1. The first-order chi connectivity index (χ1) is 12.1. The maximum atomic E-state index is 6.20. The molecule has 2 nitrogen and oxygen atoms in total. The summed E-state index contributed by atoms with van der Waals surface area (Å²) in [5.74, 6) is 0.978. The molecule has 130 valence electrons. The largest absolute Gasteiger partial charge is 0.493 e. The van der Waals surface area contributed by atoms with Crippen LogP contribution < -0.4 is 4.74 Å². The molecule has 3 aromatic carbocycles. The summed E-state index contributed by atoms with van der Waals surface area (Å²) in [5, 5.41) is 2.41. The molecular formula is C23H28NO+. The van der Waals surface area contributed by atoms with E-state index in [4.69, 9.17) is 4.74 Å². The fraction of sp³-hybridized carbons (Fsp3) is 0.304. The van der Waals surface area contributed by atoms with Gasteiger partial charge in [0.1, 0.15) is 11.8 Å². The van der Waals surface area contributed by atoms with Gasteiger partial charge in [0, 0.05) is 17.4 Å². The van der Waals surface area contributed by atoms with Crippen LogP contribution in [0.3, 0.4) is 0 Å². The van der Waals surface area contributed by atoms with Crippen molar-refractivity contribution < 1.29 is 9.22 Å². The van der Waals surface area contributed by atoms with Crippen molar-refractivity contribution in [2.75, 3.05) is 27.2 Å². The average Bonchev–Trinajstić information content (AvgIpc) is 2.66. The minimum absolute atomic E-state index is 0.432. The monoisotopic (exact) mass is 334 g/mol. The molecule has 0 radical (unpaired) electrons. The van der Waals surface area contributed by atoms with Crippen LogP contribution in [0.5, 0.6) is 5.75 Å². The van der Waals surface area contributed by atoms with Crippen molar-refractivity contribution in [3.63, 3.8) is 0 Å². The molecule has 0 fully saturated rings. The van der Waals surface area contributed by atoms with Gasteiger partial charge in [-0.3, -0.25) is 0 Å². The van der Waals surface area contributed by atoms with E-state index in [1.165, 1.54) is 16.3 Å². The molecule has 25 heavy (non-hydrogen) atoms. The smallest absolute Gasteiger partial charge is 0.127 e. The summed E-state index contributed by atoms with van der Waals surface area (Å²) in [6.45, 7) is 4.06. The molecule has 0 saturated heterocycles. The Hall–Kier alpha value is -2.32. The quantitative estimate of drug-likeness (QED) is 0.522. The highest BCUT2D eigenvalue weighted by Crippen LogP contribution is 2.30. The third kappa shape index (κ3) is 4.02. The molecule has 0 bridgehead atoms. The van der Waals surface area contributed by atoms with Gasteiger partial charge in [0.05, 0.1) is 27.2 Å². The highest BCUT2D eigenvalue weighted by atomic mass is 16.5. The number of hydrogen-bond donors (Lipinski definition) is 0. The van der Waals surface area contributed by atoms with Crippen molar-refractivity contribution in [1.82, 2.24) is 0 Å². The Balaban J connectivity index is 1.75. The lowest BCUT2D eigenvalue weighted by Crippen LogP contribution is -2.43. The Kier molecular flexibility index (Phi) is 5.40. The van der Waals surface area contributed by atoms with Gasteiger partial charge in [-0.15, -0.1) is 0 Å². The predicted molar refractivity (Wildman–Crippen MR) is 106 cm³/mol. The Morgan fingerprint density at radius 3 is 2.28 bits per heavy atom. The van der Waals surface area contributed by atoms with Gasteiger partial charge in [0.2, 0.25) is 0 Å². The normalized spacial score (nSPS) is 12.9. The van der Waals surface area contributed by atoms with Crippen molar-refractivity contribution in [3.05, 3.63) is 78.4 Å². The second-order valence-corrected chi connectivity index (χ2v) is 7.14. The topological polar surface area (TPSA) is 9.23 Å². The molecule has 0 aliphatic carbocycles. The van der Waals surface area contributed by atoms with Crippen molar-refractivity contribution in [1.29, 1.82) is 0 Å². The van der Waals surface area contributed by atoms with Crippen LogP contribution in [0.2, 0.25) is 0 Å². The molecule has 0 aromatic heterocycles. The molecule has 0 aliphatic rings. The minimum Gasteiger partial charge on any atom is -0.493 e. The van der Waals surface area contributed by atoms with Crippen LogP contribution in [0.1, 0.15) is 24.9 Å². The van der Waals surface area contributed by atoms with Gasteiger partial charge in [-0.2, -0.15) is 0 Å². The number of nitrogens with zero attached hydrogens (tertiary/aromatic N) is 1. The molecule has 0 spiro atoms. The lowest BCUT2D eigenvalue weighted by molar-refractivity contribution is -0.919. The second-order valence-electron chi connectivity index (χ2n) is 7.14. The lowest BCUT2D eigenvalue weighted by Gasteiger charge is -2.37. The summed E-state index contributed by atoms with van der Waals surface area (Å²) in [6.07, 6.45) is 0.994. The van der Waals surface area contributed by atoms with Gasteiger partial charge in [0.15, 0.2) is 0 Å². The standard InChI is InChI=1S/C23H28NO/c1-4-24(2,3)22(20-12-6-5-7-13-20)17-18-25-23-16-10-14-19-11-8-9-15-21(19)23/h5-16,22H,4,17-18H2,1-3H3/q+1. The van der Waals surface area contributed by atoms with Gasteiger partial charge in [-0.25, -0.2) is 0 Å². The summed E-state index contributed by atoms with van der Waals surface area (Å²) >= 11 is 0. The molecule has 2 heteroatoms. The maximum absolute atomic E-state index is 6.20. The lowest BCUT2D eigenvalue weighted by atomic mass is 10.0. The number of fused-ring (bicyclic) bond motifs is 1. The average molecular weight is 334 g/mol. The van der Waals surface area contributed by atoms with E-state index >= 15 is 0 Å². The Morgan fingerprint density at radius 1 is 0.840 bits per heavy atom. The van der Waals surface area contributed by atoms with E-state index in [0.29, 0.717) is 6.04 Å². The van der Waals surface area contributed by atoms with Crippen LogP contribution in [-0.4, -0.2) is 31.7 Å². The highest BCUT2D eigenvalue weighted by Gasteiger charge is 2.28. The number of ether oxygens (including phenoxy) is 1. The molecule has 0 N–H and O–H groups in total. The van der Waals surface area contributed by atoms with E-state index in [9.17, 15) is 0 Å². The summed E-state index contributed by atoms with van der Waals surface area (Å²) in [4.78, 5) is 0. The van der Waals surface area contributed by atoms with Crippen molar-refractivity contribution >= 4 is 10.8 Å². The Labute approximate surface area is 151 Å². The predicted octanol–water partition coefficient (Wildman–Crippen LogP) is 5.45. The van der Waals surface area contributed by atoms with E-state index in [1.54, 1.807) is 0 Å². The van der Waals surface area contributed by atoms with Gasteiger partial charge in [-0.1, -0.05) is 66.7 Å². The van der Waals surface area contributed by atoms with Crippen molar-refractivity contribution in [2.24, 2.45) is 0 Å². The first-order valence-corrected chi connectivity index (χ1v) is 9.10. The van der Waals surface area contributed by atoms with Gasteiger partial charge in [-0.05, 0) is 18.4 Å². The Bertz CT molecular complexity index is 805. The summed E-state index contributed by atoms with van der Waals surface area (Å²) in [5.41, 5.74) is 1.39. The van der Waals surface area contributed by atoms with Crippen molar-refractivity contribution in [3.8, 4) is 5.75 Å². The van der Waals surface area contributed by atoms with Crippen molar-refractivity contribution in [2.45, 2.75) is 19.4 Å². The molecule has 1 atom stereocenters.